The van der Waals surface area contributed by atoms with Crippen molar-refractivity contribution >= 4 is 34.1 Å². The number of nitrogens with two attached hydrogens (primary N) is 1. The molecule has 3 rings (SSSR count). The molecule has 0 saturated heterocycles. The Bertz CT molecular complexity index is 762. The Hall–Kier alpha value is -1.48. The molecule has 4 heteroatoms. The molecule has 0 unspecified atom stereocenters. The number of benzene rings is 2. The minimum atomic E-state index is 0.508. The lowest BCUT2D eigenvalue weighted by atomic mass is 10.2. The second-order valence-electron chi connectivity index (χ2n) is 4.74. The lowest BCUT2D eigenvalue weighted by molar-refractivity contribution is 0.830. The zero-order chi connectivity index (χ0) is 14.1. The van der Waals surface area contributed by atoms with Gasteiger partial charge in [0.05, 0.1) is 5.52 Å². The Labute approximate surface area is 127 Å². The predicted molar refractivity (Wildman–Crippen MR) is 85.4 cm³/mol. The molecule has 0 fully saturated rings. The maximum atomic E-state index is 6.23. The van der Waals surface area contributed by atoms with Gasteiger partial charge in [0.25, 0.3) is 0 Å². The zero-order valence-electron chi connectivity index (χ0n) is 10.8. The van der Waals surface area contributed by atoms with Crippen molar-refractivity contribution in [2.24, 2.45) is 5.73 Å². The summed E-state index contributed by atoms with van der Waals surface area (Å²) in [6.45, 7) is 1.21. The van der Waals surface area contributed by atoms with Crippen LogP contribution in [0.2, 0.25) is 10.0 Å². The second-order valence-corrected chi connectivity index (χ2v) is 5.58. The van der Waals surface area contributed by atoms with Crippen LogP contribution in [-0.4, -0.2) is 4.57 Å². The minimum Gasteiger partial charge on any atom is -0.343 e. The van der Waals surface area contributed by atoms with E-state index in [1.165, 1.54) is 0 Å². The van der Waals surface area contributed by atoms with Crippen molar-refractivity contribution in [2.75, 3.05) is 0 Å². The van der Waals surface area contributed by atoms with Crippen LogP contribution in [0.3, 0.4) is 0 Å². The van der Waals surface area contributed by atoms with E-state index in [1.807, 2.05) is 42.5 Å². The molecule has 1 aromatic heterocycles. The fraction of sp³-hybridized carbons (Fsp3) is 0.125. The van der Waals surface area contributed by atoms with Crippen LogP contribution in [0, 0.1) is 0 Å². The number of aromatic nitrogens is 1. The number of hydrogen-bond donors (Lipinski definition) is 1. The summed E-state index contributed by atoms with van der Waals surface area (Å²) in [4.78, 5) is 0. The Balaban J connectivity index is 2.12. The smallest absolute Gasteiger partial charge is 0.0501 e. The van der Waals surface area contributed by atoms with E-state index in [4.69, 9.17) is 28.9 Å². The van der Waals surface area contributed by atoms with E-state index < -0.39 is 0 Å². The molecular formula is C16H14Cl2N2. The third-order valence-corrected chi connectivity index (χ3v) is 4.05. The number of fused-ring (bicyclic) bond motifs is 1. The highest BCUT2D eigenvalue weighted by atomic mass is 35.5. The lowest BCUT2D eigenvalue weighted by Crippen LogP contribution is -1.99. The van der Waals surface area contributed by atoms with Crippen molar-refractivity contribution in [3.8, 4) is 0 Å². The molecule has 102 valence electrons. The van der Waals surface area contributed by atoms with Gasteiger partial charge in [-0.15, -0.1) is 0 Å². The predicted octanol–water partition coefficient (Wildman–Crippen LogP) is 4.46. The molecule has 2 aromatic carbocycles. The Morgan fingerprint density at radius 3 is 2.55 bits per heavy atom. The molecule has 0 bridgehead atoms. The van der Waals surface area contributed by atoms with E-state index in [9.17, 15) is 0 Å². The summed E-state index contributed by atoms with van der Waals surface area (Å²) in [6, 6.07) is 13.7. The third kappa shape index (κ3) is 2.42. The van der Waals surface area contributed by atoms with Crippen LogP contribution >= 0.6 is 23.2 Å². The molecule has 2 N–H and O–H groups in total. The van der Waals surface area contributed by atoms with Crippen LogP contribution in [0.1, 0.15) is 11.1 Å². The molecular weight excluding hydrogens is 291 g/mol. The molecule has 20 heavy (non-hydrogen) atoms. The molecule has 1 heterocycles. The van der Waals surface area contributed by atoms with Gasteiger partial charge in [-0.2, -0.15) is 0 Å². The van der Waals surface area contributed by atoms with E-state index >= 15 is 0 Å². The summed E-state index contributed by atoms with van der Waals surface area (Å²) in [7, 11) is 0. The van der Waals surface area contributed by atoms with Crippen LogP contribution in [-0.2, 0) is 13.1 Å². The number of hydrogen-bond acceptors (Lipinski definition) is 1. The van der Waals surface area contributed by atoms with Gasteiger partial charge in [0, 0.05) is 34.7 Å². The fourth-order valence-electron chi connectivity index (χ4n) is 2.44. The van der Waals surface area contributed by atoms with Gasteiger partial charge >= 0.3 is 0 Å². The lowest BCUT2D eigenvalue weighted by Gasteiger charge is -2.07. The van der Waals surface area contributed by atoms with Crippen molar-refractivity contribution < 1.29 is 0 Å². The maximum Gasteiger partial charge on any atom is 0.0501 e. The van der Waals surface area contributed by atoms with Gasteiger partial charge in [-0.3, -0.25) is 0 Å². The SMILES string of the molecule is NCc1cn(Cc2ccccc2Cl)c2cc(Cl)ccc12. The highest BCUT2D eigenvalue weighted by Gasteiger charge is 2.09. The van der Waals surface area contributed by atoms with Gasteiger partial charge in [-0.1, -0.05) is 47.5 Å². The highest BCUT2D eigenvalue weighted by molar-refractivity contribution is 6.31. The molecule has 0 amide bonds. The Morgan fingerprint density at radius 1 is 1.00 bits per heavy atom. The first-order valence-corrected chi connectivity index (χ1v) is 7.15. The monoisotopic (exact) mass is 304 g/mol. The van der Waals surface area contributed by atoms with Crippen molar-refractivity contribution in [1.29, 1.82) is 0 Å². The van der Waals surface area contributed by atoms with Crippen molar-refractivity contribution in [1.82, 2.24) is 4.57 Å². The van der Waals surface area contributed by atoms with Gasteiger partial charge < -0.3 is 10.3 Å². The first kappa shape index (κ1) is 13.5. The standard InChI is InChI=1S/C16H14Cl2N2/c17-13-5-6-14-12(8-19)10-20(16(14)7-13)9-11-3-1-2-4-15(11)18/h1-7,10H,8-9,19H2. The number of halogens is 2. The minimum absolute atomic E-state index is 0.508. The van der Waals surface area contributed by atoms with E-state index in [0.717, 1.165) is 32.1 Å². The molecule has 0 aliphatic heterocycles. The van der Waals surface area contributed by atoms with Crippen LogP contribution in [0.15, 0.2) is 48.7 Å². The van der Waals surface area contributed by atoms with E-state index in [2.05, 4.69) is 10.8 Å². The summed E-state index contributed by atoms with van der Waals surface area (Å²) < 4.78 is 2.14. The number of nitrogens with zero attached hydrogens (tertiary/aromatic N) is 1. The summed E-state index contributed by atoms with van der Waals surface area (Å²) >= 11 is 12.3. The largest absolute Gasteiger partial charge is 0.343 e. The summed E-state index contributed by atoms with van der Waals surface area (Å²) in [5.74, 6) is 0. The summed E-state index contributed by atoms with van der Waals surface area (Å²) in [5, 5.41) is 2.63. The molecule has 0 spiro atoms. The fourth-order valence-corrected chi connectivity index (χ4v) is 2.81. The van der Waals surface area contributed by atoms with E-state index in [1.54, 1.807) is 0 Å². The van der Waals surface area contributed by atoms with Crippen molar-refractivity contribution in [3.05, 3.63) is 69.8 Å². The van der Waals surface area contributed by atoms with Crippen molar-refractivity contribution in [2.45, 2.75) is 13.1 Å². The normalized spacial score (nSPS) is 11.2. The first-order chi connectivity index (χ1) is 9.69. The topological polar surface area (TPSA) is 30.9 Å². The number of rotatable bonds is 3. The van der Waals surface area contributed by atoms with Crippen LogP contribution in [0.4, 0.5) is 0 Å². The molecule has 0 aliphatic rings. The molecule has 0 radical (unpaired) electrons. The average Bonchev–Trinajstić information content (AvgIpc) is 2.79. The summed E-state index contributed by atoms with van der Waals surface area (Å²) in [5.41, 5.74) is 9.09. The van der Waals surface area contributed by atoms with Gasteiger partial charge in [-0.05, 0) is 29.3 Å². The summed E-state index contributed by atoms with van der Waals surface area (Å²) in [6.07, 6.45) is 2.07. The zero-order valence-corrected chi connectivity index (χ0v) is 12.3. The Morgan fingerprint density at radius 2 is 1.80 bits per heavy atom. The Kier molecular flexibility index (Phi) is 3.70. The van der Waals surface area contributed by atoms with Crippen LogP contribution < -0.4 is 5.73 Å². The first-order valence-electron chi connectivity index (χ1n) is 6.40. The molecule has 0 atom stereocenters. The van der Waals surface area contributed by atoms with Gasteiger partial charge in [-0.25, -0.2) is 0 Å². The quantitative estimate of drug-likeness (QED) is 0.761. The average molecular weight is 305 g/mol. The van der Waals surface area contributed by atoms with Gasteiger partial charge in [0.1, 0.15) is 0 Å². The van der Waals surface area contributed by atoms with Crippen molar-refractivity contribution in [3.63, 3.8) is 0 Å². The van der Waals surface area contributed by atoms with E-state index in [0.29, 0.717) is 13.1 Å². The van der Waals surface area contributed by atoms with Crippen LogP contribution in [0.5, 0.6) is 0 Å². The van der Waals surface area contributed by atoms with Gasteiger partial charge in [0.15, 0.2) is 0 Å². The second kappa shape index (κ2) is 5.49. The van der Waals surface area contributed by atoms with Gasteiger partial charge in [0.2, 0.25) is 0 Å². The maximum absolute atomic E-state index is 6.23. The highest BCUT2D eigenvalue weighted by Crippen LogP contribution is 2.26. The molecule has 0 saturated carbocycles. The molecule has 0 aliphatic carbocycles. The molecule has 3 aromatic rings. The van der Waals surface area contributed by atoms with E-state index in [-0.39, 0.29) is 0 Å². The third-order valence-electron chi connectivity index (χ3n) is 3.45. The molecule has 2 nitrogen and oxygen atoms in total. The van der Waals surface area contributed by atoms with Crippen LogP contribution in [0.25, 0.3) is 10.9 Å².